The van der Waals surface area contributed by atoms with Crippen molar-refractivity contribution in [3.05, 3.63) is 40.7 Å². The van der Waals surface area contributed by atoms with Crippen molar-refractivity contribution < 1.29 is 9.59 Å². The number of nitrogens with zero attached hydrogens (tertiary/aromatic N) is 3. The average molecular weight is 344 g/mol. The molecule has 0 radical (unpaired) electrons. The van der Waals surface area contributed by atoms with Gasteiger partial charge in [0.15, 0.2) is 5.13 Å². The van der Waals surface area contributed by atoms with Gasteiger partial charge in [0.25, 0.3) is 5.91 Å². The third-order valence-electron chi connectivity index (χ3n) is 3.95. The van der Waals surface area contributed by atoms with Crippen LogP contribution in [-0.4, -0.2) is 33.2 Å². The summed E-state index contributed by atoms with van der Waals surface area (Å²) < 4.78 is 0. The quantitative estimate of drug-likeness (QED) is 0.905. The molecule has 0 saturated carbocycles. The molecule has 2 amide bonds. The number of anilines is 1. The third kappa shape index (κ3) is 3.79. The minimum absolute atomic E-state index is 0.204. The van der Waals surface area contributed by atoms with E-state index < -0.39 is 0 Å². The summed E-state index contributed by atoms with van der Waals surface area (Å²) in [5.74, 6) is -0.0625. The monoisotopic (exact) mass is 344 g/mol. The van der Waals surface area contributed by atoms with Crippen molar-refractivity contribution in [3.63, 3.8) is 0 Å². The van der Waals surface area contributed by atoms with Crippen molar-refractivity contribution >= 4 is 28.3 Å². The van der Waals surface area contributed by atoms with Crippen LogP contribution in [0.1, 0.15) is 47.2 Å². The summed E-state index contributed by atoms with van der Waals surface area (Å²) in [6.45, 7) is 3.38. The first-order valence-corrected chi connectivity index (χ1v) is 8.97. The SMILES string of the molecule is CCCCC(=O)N1CCc2nc(NC(=O)c3ccccn3)sc2C1. The van der Waals surface area contributed by atoms with Gasteiger partial charge >= 0.3 is 0 Å². The molecule has 3 rings (SSSR count). The summed E-state index contributed by atoms with van der Waals surface area (Å²) in [6, 6.07) is 5.20. The van der Waals surface area contributed by atoms with E-state index >= 15 is 0 Å². The molecule has 3 heterocycles. The molecule has 6 nitrogen and oxygen atoms in total. The Bertz CT molecular complexity index is 729. The molecule has 0 fully saturated rings. The van der Waals surface area contributed by atoms with Gasteiger partial charge in [-0.05, 0) is 18.6 Å². The fraction of sp³-hybridized carbons (Fsp3) is 0.412. The number of unbranched alkanes of at least 4 members (excludes halogenated alkanes) is 1. The van der Waals surface area contributed by atoms with Gasteiger partial charge in [-0.2, -0.15) is 0 Å². The van der Waals surface area contributed by atoms with E-state index in [4.69, 9.17) is 0 Å². The van der Waals surface area contributed by atoms with Crippen molar-refractivity contribution in [1.29, 1.82) is 0 Å². The molecular weight excluding hydrogens is 324 g/mol. The van der Waals surface area contributed by atoms with Crippen molar-refractivity contribution in [2.45, 2.75) is 39.2 Å². The molecule has 2 aromatic heterocycles. The number of fused-ring (bicyclic) bond motifs is 1. The molecule has 7 heteroatoms. The van der Waals surface area contributed by atoms with Crippen LogP contribution in [0.25, 0.3) is 0 Å². The van der Waals surface area contributed by atoms with E-state index in [1.165, 1.54) is 11.3 Å². The Balaban J connectivity index is 1.65. The lowest BCUT2D eigenvalue weighted by molar-refractivity contribution is -0.132. The molecule has 1 N–H and O–H groups in total. The first-order chi connectivity index (χ1) is 11.7. The number of rotatable bonds is 5. The Morgan fingerprint density at radius 3 is 3.00 bits per heavy atom. The van der Waals surface area contributed by atoms with Crippen LogP contribution >= 0.6 is 11.3 Å². The number of pyridine rings is 1. The van der Waals surface area contributed by atoms with E-state index in [2.05, 4.69) is 22.2 Å². The largest absolute Gasteiger partial charge is 0.337 e. The lowest BCUT2D eigenvalue weighted by atomic mass is 10.1. The second kappa shape index (κ2) is 7.53. The zero-order valence-electron chi connectivity index (χ0n) is 13.6. The average Bonchev–Trinajstić information content (AvgIpc) is 3.01. The molecule has 0 atom stereocenters. The highest BCUT2D eigenvalue weighted by Gasteiger charge is 2.24. The first-order valence-electron chi connectivity index (χ1n) is 8.16. The standard InChI is InChI=1S/C17H20N4O2S/c1-2-3-7-15(22)21-10-8-12-14(11-21)24-17(19-12)20-16(23)13-6-4-5-9-18-13/h4-6,9H,2-3,7-8,10-11H2,1H3,(H,19,20,23). The highest BCUT2D eigenvalue weighted by atomic mass is 32.1. The number of nitrogens with one attached hydrogen (secondary N) is 1. The van der Waals surface area contributed by atoms with E-state index in [1.807, 2.05) is 4.90 Å². The zero-order valence-corrected chi connectivity index (χ0v) is 14.4. The summed E-state index contributed by atoms with van der Waals surface area (Å²) in [5.41, 5.74) is 1.35. The topological polar surface area (TPSA) is 75.2 Å². The van der Waals surface area contributed by atoms with Crippen LogP contribution in [0, 0.1) is 0 Å². The molecule has 1 aliphatic rings. The Hall–Kier alpha value is -2.28. The molecule has 0 aromatic carbocycles. The maximum Gasteiger partial charge on any atom is 0.276 e. The van der Waals surface area contributed by atoms with Gasteiger partial charge < -0.3 is 4.90 Å². The van der Waals surface area contributed by atoms with E-state index in [9.17, 15) is 9.59 Å². The normalized spacial score (nSPS) is 13.5. The summed E-state index contributed by atoms with van der Waals surface area (Å²) in [5, 5.41) is 3.36. The number of aromatic nitrogens is 2. The predicted octanol–water partition coefficient (Wildman–Crippen LogP) is 2.87. The first kappa shape index (κ1) is 16.6. The highest BCUT2D eigenvalue weighted by Crippen LogP contribution is 2.29. The molecule has 2 aromatic rings. The van der Waals surface area contributed by atoms with Gasteiger partial charge in [0.05, 0.1) is 12.2 Å². The molecular formula is C17H20N4O2S. The number of thiazole rings is 1. The molecule has 1 aliphatic heterocycles. The molecule has 0 aliphatic carbocycles. The van der Waals surface area contributed by atoms with Crippen LogP contribution in [-0.2, 0) is 17.8 Å². The van der Waals surface area contributed by atoms with Gasteiger partial charge in [-0.1, -0.05) is 30.7 Å². The van der Waals surface area contributed by atoms with Gasteiger partial charge in [-0.25, -0.2) is 4.98 Å². The number of hydrogen-bond acceptors (Lipinski definition) is 5. The Kier molecular flexibility index (Phi) is 5.20. The smallest absolute Gasteiger partial charge is 0.276 e. The maximum absolute atomic E-state index is 12.2. The van der Waals surface area contributed by atoms with Crippen LogP contribution < -0.4 is 5.32 Å². The molecule has 0 saturated heterocycles. The van der Waals surface area contributed by atoms with Crippen LogP contribution in [0.2, 0.25) is 0 Å². The molecule has 24 heavy (non-hydrogen) atoms. The minimum Gasteiger partial charge on any atom is -0.337 e. The highest BCUT2D eigenvalue weighted by molar-refractivity contribution is 7.15. The number of amides is 2. The van der Waals surface area contributed by atoms with E-state index in [0.717, 1.165) is 29.8 Å². The van der Waals surface area contributed by atoms with E-state index in [1.54, 1.807) is 24.4 Å². The molecule has 126 valence electrons. The third-order valence-corrected chi connectivity index (χ3v) is 4.94. The van der Waals surface area contributed by atoms with Gasteiger partial charge in [-0.3, -0.25) is 19.9 Å². The van der Waals surface area contributed by atoms with Crippen LogP contribution in [0.3, 0.4) is 0 Å². The van der Waals surface area contributed by atoms with E-state index in [0.29, 0.717) is 30.3 Å². The number of carbonyl (C=O) groups excluding carboxylic acids is 2. The van der Waals surface area contributed by atoms with Crippen LogP contribution in [0.15, 0.2) is 24.4 Å². The summed E-state index contributed by atoms with van der Waals surface area (Å²) in [7, 11) is 0. The summed E-state index contributed by atoms with van der Waals surface area (Å²) in [6.07, 6.45) is 4.88. The second-order valence-corrected chi connectivity index (χ2v) is 6.81. The Labute approximate surface area is 144 Å². The summed E-state index contributed by atoms with van der Waals surface area (Å²) >= 11 is 1.44. The maximum atomic E-state index is 12.2. The summed E-state index contributed by atoms with van der Waals surface area (Å²) in [4.78, 5) is 35.8. The van der Waals surface area contributed by atoms with Gasteiger partial charge in [0, 0.05) is 30.5 Å². The lowest BCUT2D eigenvalue weighted by Crippen LogP contribution is -2.35. The fourth-order valence-electron chi connectivity index (χ4n) is 2.61. The van der Waals surface area contributed by atoms with Crippen LogP contribution in [0.4, 0.5) is 5.13 Å². The zero-order chi connectivity index (χ0) is 16.9. The van der Waals surface area contributed by atoms with E-state index in [-0.39, 0.29) is 11.8 Å². The minimum atomic E-state index is -0.266. The Morgan fingerprint density at radius 1 is 1.38 bits per heavy atom. The number of hydrogen-bond donors (Lipinski definition) is 1. The second-order valence-electron chi connectivity index (χ2n) is 5.73. The van der Waals surface area contributed by atoms with Crippen molar-refractivity contribution in [1.82, 2.24) is 14.9 Å². The van der Waals surface area contributed by atoms with Gasteiger partial charge in [0.2, 0.25) is 5.91 Å². The Morgan fingerprint density at radius 2 is 2.25 bits per heavy atom. The van der Waals surface area contributed by atoms with Crippen molar-refractivity contribution in [2.75, 3.05) is 11.9 Å². The number of carbonyl (C=O) groups is 2. The molecule has 0 bridgehead atoms. The molecule has 0 spiro atoms. The fourth-order valence-corrected chi connectivity index (χ4v) is 3.63. The molecule has 0 unspecified atom stereocenters. The van der Waals surface area contributed by atoms with Crippen molar-refractivity contribution in [3.8, 4) is 0 Å². The van der Waals surface area contributed by atoms with Crippen LogP contribution in [0.5, 0.6) is 0 Å². The predicted molar refractivity (Wildman–Crippen MR) is 93.0 cm³/mol. The lowest BCUT2D eigenvalue weighted by Gasteiger charge is -2.26. The van der Waals surface area contributed by atoms with Gasteiger partial charge in [0.1, 0.15) is 5.69 Å². The van der Waals surface area contributed by atoms with Gasteiger partial charge in [-0.15, -0.1) is 0 Å². The van der Waals surface area contributed by atoms with Crippen molar-refractivity contribution in [2.24, 2.45) is 0 Å².